The second kappa shape index (κ2) is 8.88. The van der Waals surface area contributed by atoms with Crippen LogP contribution in [0.2, 0.25) is 0 Å². The zero-order chi connectivity index (χ0) is 18.1. The predicted octanol–water partition coefficient (Wildman–Crippen LogP) is -1.37. The van der Waals surface area contributed by atoms with Crippen molar-refractivity contribution in [3.05, 3.63) is 0 Å². The number of isocyanates is 2. The summed E-state index contributed by atoms with van der Waals surface area (Å²) in [4.78, 5) is 74.7. The van der Waals surface area contributed by atoms with Gasteiger partial charge in [0, 0.05) is 0 Å². The Balaban J connectivity index is 3.01. The van der Waals surface area contributed by atoms with Gasteiger partial charge < -0.3 is 10.1 Å². The number of alkyl halides is 1. The fourth-order valence-electron chi connectivity index (χ4n) is 1.72. The molecule has 0 saturated carbocycles. The van der Waals surface area contributed by atoms with Crippen molar-refractivity contribution in [3.8, 4) is 0 Å². The summed E-state index contributed by atoms with van der Waals surface area (Å²) < 4.78 is 15.8. The summed E-state index contributed by atoms with van der Waals surface area (Å²) in [5.41, 5.74) is 0. The maximum Gasteiger partial charge on any atom is 0.410 e. The summed E-state index contributed by atoms with van der Waals surface area (Å²) in [5, 5.41) is 1.91. The molecule has 0 spiro atoms. The molecule has 24 heavy (non-hydrogen) atoms. The molecule has 1 saturated heterocycles. The van der Waals surface area contributed by atoms with E-state index in [9.17, 15) is 33.2 Å². The Labute approximate surface area is 132 Å². The lowest BCUT2D eigenvalue weighted by molar-refractivity contribution is -0.148. The zero-order valence-electron chi connectivity index (χ0n) is 11.9. The number of hydrogen-bond donors (Lipinski definition) is 1. The molecular weight excluding hydrogens is 333 g/mol. The van der Waals surface area contributed by atoms with E-state index in [-0.39, 0.29) is 0 Å². The largest absolute Gasteiger partial charge is 0.418 e. The van der Waals surface area contributed by atoms with Gasteiger partial charge in [0.05, 0.1) is 6.54 Å². The molecule has 1 rings (SSSR count). The van der Waals surface area contributed by atoms with E-state index in [0.717, 1.165) is 12.2 Å². The number of amides is 5. The Kier molecular flexibility index (Phi) is 6.89. The van der Waals surface area contributed by atoms with Crippen molar-refractivity contribution in [2.24, 2.45) is 15.9 Å². The van der Waals surface area contributed by atoms with Crippen LogP contribution in [0.4, 0.5) is 14.0 Å². The number of halogens is 1. The first-order valence-electron chi connectivity index (χ1n) is 6.18. The lowest BCUT2D eigenvalue weighted by Crippen LogP contribution is -2.62. The first-order chi connectivity index (χ1) is 11.5. The second-order valence-corrected chi connectivity index (χ2v) is 4.07. The molecule has 1 N–H and O–H groups in total. The van der Waals surface area contributed by atoms with Gasteiger partial charge in [-0.15, -0.1) is 0 Å². The number of carbonyl (C=O) groups excluding carboxylic acids is 6. The van der Waals surface area contributed by atoms with Crippen LogP contribution < -0.4 is 5.32 Å². The summed E-state index contributed by atoms with van der Waals surface area (Å²) in [7, 11) is 0. The lowest BCUT2D eigenvalue weighted by Gasteiger charge is -2.35. The third-order valence-corrected chi connectivity index (χ3v) is 2.77. The summed E-state index contributed by atoms with van der Waals surface area (Å²) in [6, 6.07) is -1.18. The lowest BCUT2D eigenvalue weighted by atomic mass is 10.0. The van der Waals surface area contributed by atoms with Crippen LogP contribution >= 0.6 is 0 Å². The summed E-state index contributed by atoms with van der Waals surface area (Å²) in [6.45, 7) is -3.49. The van der Waals surface area contributed by atoms with Crippen LogP contribution in [-0.2, 0) is 23.9 Å². The van der Waals surface area contributed by atoms with E-state index in [1.54, 1.807) is 0 Å². The number of imide groups is 2. The third-order valence-electron chi connectivity index (χ3n) is 2.77. The highest BCUT2D eigenvalue weighted by Gasteiger charge is 2.45. The molecule has 1 fully saturated rings. The van der Waals surface area contributed by atoms with Crippen molar-refractivity contribution in [1.29, 1.82) is 0 Å². The van der Waals surface area contributed by atoms with E-state index in [2.05, 4.69) is 14.7 Å². The number of nitrogens with one attached hydrogen (secondary N) is 1. The molecule has 1 heterocycles. The minimum atomic E-state index is -1.55. The monoisotopic (exact) mass is 343 g/mol. The average Bonchev–Trinajstić information content (AvgIpc) is 2.55. The highest BCUT2D eigenvalue weighted by Crippen LogP contribution is 2.18. The van der Waals surface area contributed by atoms with Gasteiger partial charge in [0.1, 0.15) is 19.3 Å². The van der Waals surface area contributed by atoms with Crippen molar-refractivity contribution in [1.82, 2.24) is 15.1 Å². The molecule has 0 aromatic heterocycles. The number of alkyl carbamates (subject to hydrolysis) is 1. The Morgan fingerprint density at radius 3 is 2.38 bits per heavy atom. The van der Waals surface area contributed by atoms with E-state index >= 15 is 0 Å². The Morgan fingerprint density at radius 2 is 1.79 bits per heavy atom. The highest BCUT2D eigenvalue weighted by atomic mass is 19.1. The van der Waals surface area contributed by atoms with Crippen LogP contribution in [0.1, 0.15) is 0 Å². The Hall–Kier alpha value is -3.43. The molecule has 5 amide bonds. The van der Waals surface area contributed by atoms with Gasteiger partial charge in [-0.25, -0.2) is 38.4 Å². The molecule has 128 valence electrons. The Bertz CT molecular complexity index is 599. The molecule has 13 heteroatoms. The van der Waals surface area contributed by atoms with Gasteiger partial charge in [0.25, 0.3) is 0 Å². The molecule has 12 nitrogen and oxygen atoms in total. The molecule has 0 bridgehead atoms. The predicted molar refractivity (Wildman–Crippen MR) is 69.0 cm³/mol. The number of aliphatic imine (C=N–C) groups is 2. The molecule has 1 aliphatic rings. The summed E-state index contributed by atoms with van der Waals surface area (Å²) in [5.74, 6) is -3.65. The van der Waals surface area contributed by atoms with Gasteiger partial charge in [0.15, 0.2) is 0 Å². The molecular formula is C11H10FN5O7. The topological polar surface area (TPSA) is 155 Å². The van der Waals surface area contributed by atoms with Crippen LogP contribution in [0.3, 0.4) is 0 Å². The molecule has 0 aliphatic carbocycles. The molecule has 0 aromatic rings. The van der Waals surface area contributed by atoms with Gasteiger partial charge in [-0.1, -0.05) is 0 Å². The van der Waals surface area contributed by atoms with Crippen LogP contribution in [0.5, 0.6) is 0 Å². The van der Waals surface area contributed by atoms with Crippen molar-refractivity contribution in [3.63, 3.8) is 0 Å². The van der Waals surface area contributed by atoms with E-state index in [0.29, 0.717) is 9.80 Å². The molecule has 0 radical (unpaired) electrons. The summed E-state index contributed by atoms with van der Waals surface area (Å²) >= 11 is 0. The molecule has 1 atom stereocenters. The van der Waals surface area contributed by atoms with Gasteiger partial charge in [0.2, 0.25) is 30.8 Å². The van der Waals surface area contributed by atoms with E-state index < -0.39 is 56.6 Å². The van der Waals surface area contributed by atoms with Crippen LogP contribution in [0.15, 0.2) is 9.98 Å². The van der Waals surface area contributed by atoms with Crippen LogP contribution in [-0.4, -0.2) is 72.6 Å². The zero-order valence-corrected chi connectivity index (χ0v) is 11.9. The van der Waals surface area contributed by atoms with Gasteiger partial charge >= 0.3 is 12.1 Å². The van der Waals surface area contributed by atoms with Crippen molar-refractivity contribution in [2.45, 2.75) is 0 Å². The summed E-state index contributed by atoms with van der Waals surface area (Å²) in [6.07, 6.45) is 0.999. The second-order valence-electron chi connectivity index (χ2n) is 4.07. The fourth-order valence-corrected chi connectivity index (χ4v) is 1.72. The number of carbonyl (C=O) groups is 4. The Morgan fingerprint density at radius 1 is 1.17 bits per heavy atom. The number of urea groups is 1. The molecule has 1 aliphatic heterocycles. The quantitative estimate of drug-likeness (QED) is 0.340. The first kappa shape index (κ1) is 18.6. The van der Waals surface area contributed by atoms with Crippen molar-refractivity contribution >= 4 is 36.1 Å². The SMILES string of the molecule is O=C=NCC1C(=O)N(CN=C=O)C(=O)N(CNC(=O)OCF)C1=O. The minimum Gasteiger partial charge on any atom is -0.418 e. The maximum atomic E-state index is 12.1. The van der Waals surface area contributed by atoms with Gasteiger partial charge in [-0.05, 0) is 0 Å². The maximum absolute atomic E-state index is 12.1. The number of hydrogen-bond acceptors (Lipinski definition) is 9. The van der Waals surface area contributed by atoms with E-state index in [1.165, 1.54) is 0 Å². The number of nitrogens with zero attached hydrogens (tertiary/aromatic N) is 4. The number of ether oxygens (including phenoxy) is 1. The minimum absolute atomic E-state index is 0.423. The fraction of sp³-hybridized carbons (Fsp3) is 0.455. The molecule has 0 aromatic carbocycles. The third kappa shape index (κ3) is 4.29. The van der Waals surface area contributed by atoms with Crippen LogP contribution in [0, 0.1) is 5.92 Å². The normalized spacial score (nSPS) is 17.0. The first-order valence-corrected chi connectivity index (χ1v) is 6.18. The van der Waals surface area contributed by atoms with Crippen molar-refractivity contribution in [2.75, 3.05) is 26.7 Å². The average molecular weight is 343 g/mol. The molecule has 1 unspecified atom stereocenters. The highest BCUT2D eigenvalue weighted by molar-refractivity contribution is 6.16. The standard InChI is InChI=1S/C11H10FN5O7/c12-2-24-10(22)15-4-17-9(21)7(1-13-5-18)8(20)16(11(17)23)3-14-6-19/h7H,1-4H2,(H,15,22). The number of rotatable bonds is 7. The van der Waals surface area contributed by atoms with Crippen LogP contribution in [0.25, 0.3) is 0 Å². The number of barbiturate groups is 1. The van der Waals surface area contributed by atoms with Gasteiger partial charge in [-0.2, -0.15) is 4.99 Å². The van der Waals surface area contributed by atoms with E-state index in [4.69, 9.17) is 0 Å². The van der Waals surface area contributed by atoms with Gasteiger partial charge in [-0.3, -0.25) is 9.59 Å². The van der Waals surface area contributed by atoms with E-state index in [1.807, 2.05) is 5.32 Å². The van der Waals surface area contributed by atoms with Crippen molar-refractivity contribution < 1.29 is 37.9 Å². The smallest absolute Gasteiger partial charge is 0.410 e.